The summed E-state index contributed by atoms with van der Waals surface area (Å²) in [6.45, 7) is 22.0. The average molecular weight is 1580 g/mol. The number of piperidine rings is 1. The Morgan fingerprint density at radius 3 is 1.50 bits per heavy atom. The predicted molar refractivity (Wildman–Crippen MR) is 418 cm³/mol. The van der Waals surface area contributed by atoms with E-state index >= 15 is 0 Å². The summed E-state index contributed by atoms with van der Waals surface area (Å²) in [5.74, 6) is -5.91. The summed E-state index contributed by atoms with van der Waals surface area (Å²) in [5, 5.41) is 49.1. The number of aromatic nitrogens is 2. The van der Waals surface area contributed by atoms with E-state index in [4.69, 9.17) is 14.2 Å². The highest BCUT2D eigenvalue weighted by Crippen LogP contribution is 2.35. The van der Waals surface area contributed by atoms with Crippen LogP contribution in [0.4, 0.5) is 11.4 Å². The number of amides is 7. The van der Waals surface area contributed by atoms with Crippen molar-refractivity contribution in [3.8, 4) is 23.3 Å². The Hall–Kier alpha value is -9.67. The molecule has 3 heterocycles. The molecule has 1 saturated heterocycles. The highest BCUT2D eigenvalue weighted by molar-refractivity contribution is 7.10. The van der Waals surface area contributed by atoms with Gasteiger partial charge in [0.25, 0.3) is 11.8 Å². The topological polar surface area (TPSA) is 406 Å². The average Bonchev–Trinajstić information content (AvgIpc) is 1.81. The summed E-state index contributed by atoms with van der Waals surface area (Å²) in [7, 11) is 6.52. The highest BCUT2D eigenvalue weighted by Gasteiger charge is 2.39. The number of thiazole rings is 2. The van der Waals surface area contributed by atoms with Crippen LogP contribution in [0.1, 0.15) is 227 Å². The molecule has 111 heavy (non-hydrogen) atoms. The van der Waals surface area contributed by atoms with Gasteiger partial charge in [-0.2, -0.15) is 0 Å². The number of Topliss-reactive ketones (excluding diaryl/α,β-unsaturated/α-hetero) is 2. The van der Waals surface area contributed by atoms with Crippen LogP contribution in [-0.4, -0.2) is 188 Å². The number of rotatable bonds is 42. The number of benzene rings is 2. The van der Waals surface area contributed by atoms with Gasteiger partial charge in [0.15, 0.2) is 12.2 Å². The number of nitrogens with one attached hydrogen (secondary N) is 5. The van der Waals surface area contributed by atoms with Crippen LogP contribution < -0.4 is 26.6 Å². The molecule has 608 valence electrons. The smallest absolute Gasteiger partial charge is 0.308 e. The summed E-state index contributed by atoms with van der Waals surface area (Å²) in [6, 6.07) is 4.92. The number of phenols is 2. The maximum Gasteiger partial charge on any atom is 0.308 e. The van der Waals surface area contributed by atoms with Gasteiger partial charge in [0.2, 0.25) is 41.1 Å². The number of carboxylic acids is 1. The molecule has 0 spiro atoms. The highest BCUT2D eigenvalue weighted by atomic mass is 32.1. The molecule has 4 aromatic rings. The van der Waals surface area contributed by atoms with Gasteiger partial charge in [0.05, 0.1) is 36.4 Å². The fourth-order valence-electron chi connectivity index (χ4n) is 13.1. The number of likely N-dealkylation sites (tertiary alicyclic amines) is 1. The lowest BCUT2D eigenvalue weighted by Gasteiger charge is -2.38. The molecule has 31 heteroatoms. The Bertz CT molecular complexity index is 4000. The van der Waals surface area contributed by atoms with Crippen LogP contribution in [0.5, 0.6) is 11.5 Å². The van der Waals surface area contributed by atoms with Crippen LogP contribution in [0, 0.1) is 47.3 Å². The van der Waals surface area contributed by atoms with Gasteiger partial charge in [-0.1, -0.05) is 101 Å². The van der Waals surface area contributed by atoms with Crippen LogP contribution >= 0.6 is 22.7 Å². The number of likely N-dealkylation sites (N-methyl/N-ethyl adjacent to an activating group) is 2. The number of hydrogen-bond acceptors (Lipinski definition) is 23. The van der Waals surface area contributed by atoms with Crippen molar-refractivity contribution in [1.82, 2.24) is 40.6 Å². The van der Waals surface area contributed by atoms with Crippen LogP contribution in [0.2, 0.25) is 0 Å². The summed E-state index contributed by atoms with van der Waals surface area (Å²) in [6.07, 6.45) is 1.16. The maximum atomic E-state index is 14.5. The maximum absolute atomic E-state index is 14.5. The monoisotopic (exact) mass is 1580 g/mol. The lowest BCUT2D eigenvalue weighted by atomic mass is 9.92. The third kappa shape index (κ3) is 29.2. The number of methoxy groups -OCH3 is 1. The van der Waals surface area contributed by atoms with Gasteiger partial charge in [-0.15, -0.1) is 22.7 Å². The first-order valence-corrected chi connectivity index (χ1v) is 39.6. The van der Waals surface area contributed by atoms with Crippen LogP contribution in [0.3, 0.4) is 0 Å². The van der Waals surface area contributed by atoms with Crippen molar-refractivity contribution in [3.63, 3.8) is 0 Å². The van der Waals surface area contributed by atoms with Crippen molar-refractivity contribution in [3.05, 3.63) is 79.7 Å². The number of ketones is 2. The van der Waals surface area contributed by atoms with E-state index in [-0.39, 0.29) is 131 Å². The number of carbonyl (C=O) groups excluding carboxylic acids is 12. The molecule has 2 aromatic carbocycles. The standard InChI is InChI=1S/C80H112N10O19S2/c1-17-46(7)33-71(99)89(14)63(44(3)4)40-67(108-50(11)91)76-85-60(42-110-76)73(100)81-54(34-48(9)79(104)105)36-52-22-28-65(95)58(38-52)83-69(97)30-26-56(93)24-25-57(94)27-31-70(98)84-59-39-53(23-29-66(59)96)37-55(35-49(10)80(106)107-16)82-74(101)61-43-111-77(86-61)68(109-51(12)92)41-64(45(5)6)90(15)78(103)72(47(8)18-2)87-75(102)62-21-19-20-32-88(62)13/h22-23,28-29,38-39,42-49,54-55,62-64,67-68,72,95-96H,17-21,26-27,30-37,40-41H2,1-16H3,(H,81,100)(H,82,101)(H,83,97)(H,84,98)(H,87,102)(H,104,105)/t46-,47-,48?,49?,54+,55+,62-,63+,64+,67+,68+,72+/m0/s1. The normalized spacial score (nSPS) is 15.9. The second-order valence-electron chi connectivity index (χ2n) is 29.7. The number of carbonyl (C=O) groups is 13. The largest absolute Gasteiger partial charge is 0.506 e. The number of hydrogen-bond donors (Lipinski definition) is 8. The summed E-state index contributed by atoms with van der Waals surface area (Å²) >= 11 is 2.16. The van der Waals surface area contributed by atoms with Crippen LogP contribution in [0.25, 0.3) is 0 Å². The van der Waals surface area contributed by atoms with E-state index < -0.39 is 133 Å². The zero-order valence-corrected chi connectivity index (χ0v) is 68.3. The number of carboxylic acid groups (broad SMARTS) is 1. The molecular formula is C80H112N10O19S2. The molecular weight excluding hydrogens is 1470 g/mol. The van der Waals surface area contributed by atoms with E-state index in [2.05, 4.69) is 48.4 Å². The molecule has 7 amide bonds. The van der Waals surface area contributed by atoms with Crippen LogP contribution in [-0.2, 0) is 79.8 Å². The fourth-order valence-corrected chi connectivity index (χ4v) is 14.7. The molecule has 0 bridgehead atoms. The third-order valence-corrected chi connectivity index (χ3v) is 21.9. The molecule has 1 aliphatic heterocycles. The van der Waals surface area contributed by atoms with E-state index in [1.807, 2.05) is 67.3 Å². The number of phenolic OH excluding ortho intramolecular Hbond substituents is 2. The number of anilines is 2. The Labute approximate surface area is 658 Å². The van der Waals surface area contributed by atoms with Gasteiger partial charge in [0.1, 0.15) is 38.9 Å². The van der Waals surface area contributed by atoms with Crippen molar-refractivity contribution in [2.24, 2.45) is 35.5 Å². The quantitative estimate of drug-likeness (QED) is 0.00672. The molecule has 2 unspecified atom stereocenters. The molecule has 1 fully saturated rings. The van der Waals surface area contributed by atoms with Crippen LogP contribution in [0.15, 0.2) is 47.2 Å². The van der Waals surface area contributed by atoms with E-state index in [9.17, 15) is 77.6 Å². The first-order valence-electron chi connectivity index (χ1n) is 37.8. The molecule has 5 rings (SSSR count). The van der Waals surface area contributed by atoms with Gasteiger partial charge < -0.3 is 65.9 Å². The molecule has 8 N–H and O–H groups in total. The second-order valence-corrected chi connectivity index (χ2v) is 31.5. The molecule has 0 radical (unpaired) electrons. The molecule has 0 aliphatic carbocycles. The number of ether oxygens (including phenoxy) is 3. The summed E-state index contributed by atoms with van der Waals surface area (Å²) < 4.78 is 16.6. The molecule has 2 aromatic heterocycles. The third-order valence-electron chi connectivity index (χ3n) is 20.0. The van der Waals surface area contributed by atoms with E-state index in [1.165, 1.54) is 69.0 Å². The minimum Gasteiger partial charge on any atom is -0.506 e. The van der Waals surface area contributed by atoms with Gasteiger partial charge >= 0.3 is 23.9 Å². The fraction of sp³-hybridized carbons (Fsp3) is 0.588. The minimum atomic E-state index is -1.12. The minimum absolute atomic E-state index is 0.0230. The second kappa shape index (κ2) is 44.4. The van der Waals surface area contributed by atoms with Crippen molar-refractivity contribution >= 4 is 111 Å². The molecule has 29 nitrogen and oxygen atoms in total. The van der Waals surface area contributed by atoms with Gasteiger partial charge in [-0.3, -0.25) is 67.2 Å². The zero-order chi connectivity index (χ0) is 82.7. The van der Waals surface area contributed by atoms with E-state index in [0.717, 1.165) is 48.5 Å². The number of aromatic hydroxyl groups is 2. The first kappa shape index (κ1) is 91.9. The zero-order valence-electron chi connectivity index (χ0n) is 66.6. The van der Waals surface area contributed by atoms with E-state index in [0.29, 0.717) is 35.4 Å². The Morgan fingerprint density at radius 1 is 0.622 bits per heavy atom. The van der Waals surface area contributed by atoms with Gasteiger partial charge in [0, 0.05) is 108 Å². The van der Waals surface area contributed by atoms with Gasteiger partial charge in [-0.05, 0) is 123 Å². The summed E-state index contributed by atoms with van der Waals surface area (Å²) in [4.78, 5) is 186. The lowest BCUT2D eigenvalue weighted by molar-refractivity contribution is -0.150. The van der Waals surface area contributed by atoms with Crippen molar-refractivity contribution in [2.75, 3.05) is 45.4 Å². The number of aliphatic carboxylic acids is 1. The molecule has 0 saturated carbocycles. The number of nitrogens with zero attached hydrogens (tertiary/aromatic N) is 5. The molecule has 12 atom stereocenters. The Morgan fingerprint density at radius 2 is 1.08 bits per heavy atom. The molecule has 1 aliphatic rings. The summed E-state index contributed by atoms with van der Waals surface area (Å²) in [5.41, 5.74) is 0.796. The van der Waals surface area contributed by atoms with Crippen molar-refractivity contribution in [1.29, 1.82) is 0 Å². The first-order chi connectivity index (χ1) is 52.3. The Kier molecular flexibility index (Phi) is 36.8. The SMILES string of the molecule is CC[C@H](C)CC(=O)N(C)[C@H](C[C@@H](OC(C)=O)c1nc(C(=O)N[C@@H](Cc2ccc(O)c(NC(=O)CCC(=O)C#CC(=O)CCC(=O)Nc3cc(C[C@@H](CC(C)C(=O)OC)NC(=O)c4csc([C@@H](C[C@H](C(C)C)N(C)C(=O)[C@H](NC(=O)[C@@H]5CCCCN5C)[C@@H](C)CC)OC(C)=O)n4)ccc3O)c2)CC(C)C(=O)O)cs1)C(C)C. The number of esters is 3. The van der Waals surface area contributed by atoms with Gasteiger partial charge in [-0.25, -0.2) is 9.97 Å². The van der Waals surface area contributed by atoms with Crippen molar-refractivity contribution < 1.29 is 91.9 Å². The predicted octanol–water partition coefficient (Wildman–Crippen LogP) is 9.69. The Balaban J connectivity index is 1.18. The van der Waals surface area contributed by atoms with E-state index in [1.54, 1.807) is 36.9 Å². The van der Waals surface area contributed by atoms with Crippen molar-refractivity contribution in [2.45, 2.75) is 234 Å². The lowest BCUT2D eigenvalue weighted by Crippen LogP contribution is -2.58.